The van der Waals surface area contributed by atoms with E-state index >= 15 is 0 Å². The van der Waals surface area contributed by atoms with Crippen LogP contribution < -0.4 is 0 Å². The van der Waals surface area contributed by atoms with E-state index in [0.717, 1.165) is 17.6 Å². The second-order valence-corrected chi connectivity index (χ2v) is 6.29. The van der Waals surface area contributed by atoms with Crippen LogP contribution in [0.2, 0.25) is 0 Å². The van der Waals surface area contributed by atoms with Crippen LogP contribution in [-0.2, 0) is 6.42 Å². The Morgan fingerprint density at radius 1 is 1.22 bits per heavy atom. The maximum Gasteiger partial charge on any atom is 0.148 e. The topological polar surface area (TPSA) is 12.4 Å². The van der Waals surface area contributed by atoms with Gasteiger partial charge in [-0.25, -0.2) is 4.39 Å². The summed E-state index contributed by atoms with van der Waals surface area (Å²) >= 11 is 0. The molecule has 0 heterocycles. The number of allylic oxidation sites excluding steroid dienone is 7. The Labute approximate surface area is 139 Å². The van der Waals surface area contributed by atoms with Crippen LogP contribution in [0.3, 0.4) is 0 Å². The molecule has 0 aliphatic rings. The predicted molar refractivity (Wildman–Crippen MR) is 99.9 cm³/mol. The molecule has 1 aromatic rings. The summed E-state index contributed by atoms with van der Waals surface area (Å²) < 4.78 is 13.9. The first-order valence-electron chi connectivity index (χ1n) is 7.82. The number of hydrogen-bond donors (Lipinski definition) is 0. The van der Waals surface area contributed by atoms with Crippen molar-refractivity contribution in [2.75, 3.05) is 0 Å². The molecule has 0 saturated carbocycles. The van der Waals surface area contributed by atoms with Crippen LogP contribution >= 0.6 is 0 Å². The van der Waals surface area contributed by atoms with Gasteiger partial charge >= 0.3 is 0 Å². The second kappa shape index (κ2) is 9.04. The third kappa shape index (κ3) is 6.60. The van der Waals surface area contributed by atoms with Gasteiger partial charge in [-0.15, -0.1) is 0 Å². The fourth-order valence-corrected chi connectivity index (χ4v) is 2.05. The summed E-state index contributed by atoms with van der Waals surface area (Å²) in [7, 11) is 0. The van der Waals surface area contributed by atoms with Gasteiger partial charge in [-0.1, -0.05) is 69.9 Å². The Bertz CT molecular complexity index is 640. The number of benzene rings is 1. The van der Waals surface area contributed by atoms with Crippen molar-refractivity contribution < 1.29 is 4.39 Å². The number of halogens is 1. The van der Waals surface area contributed by atoms with Crippen LogP contribution in [0.4, 0.5) is 10.1 Å². The number of aliphatic imine (C=N–C) groups is 1. The van der Waals surface area contributed by atoms with Crippen LogP contribution in [0.1, 0.15) is 33.3 Å². The van der Waals surface area contributed by atoms with Crippen molar-refractivity contribution in [1.29, 1.82) is 0 Å². The van der Waals surface area contributed by atoms with Crippen LogP contribution in [0, 0.1) is 11.2 Å². The minimum Gasteiger partial charge on any atom is -0.254 e. The van der Waals surface area contributed by atoms with Crippen molar-refractivity contribution in [1.82, 2.24) is 0 Å². The minimum atomic E-state index is -0.301. The highest BCUT2D eigenvalue weighted by Gasteiger charge is 2.14. The lowest BCUT2D eigenvalue weighted by Crippen LogP contribution is -2.10. The molecule has 0 bridgehead atoms. The van der Waals surface area contributed by atoms with E-state index in [-0.39, 0.29) is 11.2 Å². The number of rotatable bonds is 6. The minimum absolute atomic E-state index is 0.00738. The highest BCUT2D eigenvalue weighted by molar-refractivity contribution is 5.82. The Hall–Kier alpha value is -2.22. The summed E-state index contributed by atoms with van der Waals surface area (Å²) in [6.07, 6.45) is 14.0. The van der Waals surface area contributed by atoms with E-state index in [9.17, 15) is 4.39 Å². The zero-order valence-corrected chi connectivity index (χ0v) is 14.5. The first kappa shape index (κ1) is 18.8. The van der Waals surface area contributed by atoms with Gasteiger partial charge in [0.05, 0.1) is 5.69 Å². The smallest absolute Gasteiger partial charge is 0.148 e. The van der Waals surface area contributed by atoms with Crippen LogP contribution in [-0.4, -0.2) is 6.21 Å². The average molecular weight is 311 g/mol. The summed E-state index contributed by atoms with van der Waals surface area (Å²) in [6.45, 7) is 11.9. The van der Waals surface area contributed by atoms with Gasteiger partial charge < -0.3 is 0 Å². The van der Waals surface area contributed by atoms with Gasteiger partial charge in [0, 0.05) is 6.21 Å². The molecule has 2 heteroatoms. The van der Waals surface area contributed by atoms with E-state index in [1.165, 1.54) is 6.07 Å². The fourth-order valence-electron chi connectivity index (χ4n) is 2.05. The van der Waals surface area contributed by atoms with Gasteiger partial charge in [-0.05, 0) is 42.0 Å². The molecule has 0 unspecified atom stereocenters. The third-order valence-electron chi connectivity index (χ3n) is 3.38. The largest absolute Gasteiger partial charge is 0.254 e. The molecule has 0 atom stereocenters. The molecule has 0 amide bonds. The number of hydrogen-bond acceptors (Lipinski definition) is 1. The van der Waals surface area contributed by atoms with Crippen molar-refractivity contribution in [3.8, 4) is 0 Å². The molecule has 1 nitrogen and oxygen atoms in total. The van der Waals surface area contributed by atoms with Crippen molar-refractivity contribution >= 4 is 11.9 Å². The van der Waals surface area contributed by atoms with E-state index in [1.807, 2.05) is 37.3 Å². The van der Waals surface area contributed by atoms with E-state index in [0.29, 0.717) is 5.69 Å². The first-order chi connectivity index (χ1) is 10.9. The second-order valence-electron chi connectivity index (χ2n) is 6.29. The third-order valence-corrected chi connectivity index (χ3v) is 3.38. The molecule has 0 aliphatic carbocycles. The molecule has 0 N–H and O–H groups in total. The molecule has 23 heavy (non-hydrogen) atoms. The molecule has 122 valence electrons. The summed E-state index contributed by atoms with van der Waals surface area (Å²) in [5.41, 5.74) is 2.48. The van der Waals surface area contributed by atoms with Crippen LogP contribution in [0.5, 0.6) is 0 Å². The highest BCUT2D eigenvalue weighted by atomic mass is 19.1. The van der Waals surface area contributed by atoms with Crippen molar-refractivity contribution in [3.05, 3.63) is 78.2 Å². The highest BCUT2D eigenvalue weighted by Crippen LogP contribution is 2.25. The first-order valence-corrected chi connectivity index (χ1v) is 7.82. The van der Waals surface area contributed by atoms with Gasteiger partial charge in [-0.2, -0.15) is 0 Å². The van der Waals surface area contributed by atoms with Crippen molar-refractivity contribution in [2.45, 2.75) is 34.1 Å². The number of nitrogens with zero attached hydrogens (tertiary/aromatic N) is 1. The molecule has 0 spiro atoms. The SMILES string of the molecule is C=C/C=C\C=C/Cc1ccc(F)c(N=C/C(=C\C)C(C)(C)C)c1. The monoisotopic (exact) mass is 311 g/mol. The molecule has 0 fully saturated rings. The van der Waals surface area contributed by atoms with E-state index in [1.54, 1.807) is 24.4 Å². The summed E-state index contributed by atoms with van der Waals surface area (Å²) in [6, 6.07) is 5.06. The quantitative estimate of drug-likeness (QED) is 0.428. The van der Waals surface area contributed by atoms with Gasteiger partial charge in [0.2, 0.25) is 0 Å². The van der Waals surface area contributed by atoms with Crippen LogP contribution in [0.15, 0.2) is 71.8 Å². The van der Waals surface area contributed by atoms with Crippen LogP contribution in [0.25, 0.3) is 0 Å². The predicted octanol–water partition coefficient (Wildman–Crippen LogP) is 6.36. The molecule has 1 rings (SSSR count). The summed E-state index contributed by atoms with van der Waals surface area (Å²) in [5, 5.41) is 0. The summed E-state index contributed by atoms with van der Waals surface area (Å²) in [4.78, 5) is 4.34. The Balaban J connectivity index is 2.91. The zero-order chi connectivity index (χ0) is 17.3. The Morgan fingerprint density at radius 2 is 1.96 bits per heavy atom. The Kier molecular flexibility index (Phi) is 7.40. The molecular weight excluding hydrogens is 285 g/mol. The van der Waals surface area contributed by atoms with Gasteiger partial charge in [0.1, 0.15) is 5.82 Å². The van der Waals surface area contributed by atoms with Gasteiger partial charge in [0.25, 0.3) is 0 Å². The zero-order valence-electron chi connectivity index (χ0n) is 14.5. The lowest BCUT2D eigenvalue weighted by atomic mass is 9.87. The maximum absolute atomic E-state index is 13.9. The molecule has 0 saturated heterocycles. The summed E-state index contributed by atoms with van der Waals surface area (Å²) in [5.74, 6) is -0.301. The lowest BCUT2D eigenvalue weighted by molar-refractivity contribution is 0.526. The van der Waals surface area contributed by atoms with Gasteiger partial charge in [0.15, 0.2) is 0 Å². The molecular formula is C21H26FN. The normalized spacial score (nSPS) is 13.5. The molecule has 0 aromatic heterocycles. The maximum atomic E-state index is 13.9. The average Bonchev–Trinajstić information content (AvgIpc) is 2.49. The molecule has 0 aliphatic heterocycles. The molecule has 0 radical (unpaired) electrons. The van der Waals surface area contributed by atoms with Crippen molar-refractivity contribution in [2.24, 2.45) is 10.4 Å². The van der Waals surface area contributed by atoms with Gasteiger partial charge in [-0.3, -0.25) is 4.99 Å². The van der Waals surface area contributed by atoms with E-state index < -0.39 is 0 Å². The fraction of sp³-hybridized carbons (Fsp3) is 0.286. The van der Waals surface area contributed by atoms with E-state index in [2.05, 4.69) is 32.3 Å². The standard InChI is InChI=1S/C21H26FN/c1-6-8-9-10-11-12-17-13-14-19(22)20(15-17)23-16-18(7-2)21(3,4)5/h6-11,13-16H,1,12H2,2-5H3/b9-8-,11-10-,18-7+,23-16?. The van der Waals surface area contributed by atoms with Crippen molar-refractivity contribution in [3.63, 3.8) is 0 Å². The Morgan fingerprint density at radius 3 is 2.57 bits per heavy atom. The molecule has 1 aromatic carbocycles. The van der Waals surface area contributed by atoms with E-state index in [4.69, 9.17) is 0 Å². The lowest BCUT2D eigenvalue weighted by Gasteiger charge is -2.19.